The number of nitrogen functional groups attached to an aromatic ring is 1. The van der Waals surface area contributed by atoms with Gasteiger partial charge in [-0.1, -0.05) is 51.1 Å². The van der Waals surface area contributed by atoms with Crippen LogP contribution in [0, 0.1) is 0 Å². The van der Waals surface area contributed by atoms with Gasteiger partial charge in [0.05, 0.1) is 10.6 Å². The molecule has 0 radical (unpaired) electrons. The van der Waals surface area contributed by atoms with Crippen LogP contribution in [-0.4, -0.2) is 0 Å². The van der Waals surface area contributed by atoms with Crippen molar-refractivity contribution in [3.8, 4) is 10.4 Å². The van der Waals surface area contributed by atoms with Crippen molar-refractivity contribution < 1.29 is 0 Å². The molecule has 0 aliphatic carbocycles. The molecule has 0 saturated carbocycles. The van der Waals surface area contributed by atoms with Crippen LogP contribution in [0.3, 0.4) is 0 Å². The molecule has 0 spiro atoms. The molecule has 0 aliphatic rings. The number of rotatable bonds is 1. The first-order valence-electron chi connectivity index (χ1n) is 5.43. The molecular weight excluding hydrogens is 214 g/mol. The van der Waals surface area contributed by atoms with Crippen LogP contribution in [0.2, 0.25) is 0 Å². The lowest BCUT2D eigenvalue weighted by Crippen LogP contribution is -2.07. The first-order chi connectivity index (χ1) is 7.48. The Labute approximate surface area is 101 Å². The number of hydrogen-bond acceptors (Lipinski definition) is 2. The molecule has 0 unspecified atom stereocenters. The zero-order valence-corrected chi connectivity index (χ0v) is 10.8. The minimum atomic E-state index is 0.172. The maximum atomic E-state index is 6.08. The summed E-state index contributed by atoms with van der Waals surface area (Å²) in [5.74, 6) is 0. The Morgan fingerprint density at radius 2 is 1.69 bits per heavy atom. The summed E-state index contributed by atoms with van der Waals surface area (Å²) in [7, 11) is 0. The van der Waals surface area contributed by atoms with Crippen LogP contribution in [0.1, 0.15) is 25.6 Å². The SMILES string of the molecule is CC(C)(C)c1cc(N)c(-c2ccccc2)s1. The van der Waals surface area contributed by atoms with Crippen molar-refractivity contribution in [3.05, 3.63) is 41.3 Å². The Balaban J connectivity index is 2.48. The fraction of sp³-hybridized carbons (Fsp3) is 0.286. The van der Waals surface area contributed by atoms with Gasteiger partial charge in [0, 0.05) is 4.88 Å². The predicted molar refractivity (Wildman–Crippen MR) is 72.9 cm³/mol. The molecule has 2 N–H and O–H groups in total. The number of benzene rings is 1. The Bertz CT molecular complexity index is 477. The monoisotopic (exact) mass is 231 g/mol. The summed E-state index contributed by atoms with van der Waals surface area (Å²) >= 11 is 1.79. The fourth-order valence-corrected chi connectivity index (χ4v) is 2.73. The number of nitrogens with two attached hydrogens (primary N) is 1. The molecule has 1 aromatic heterocycles. The summed E-state index contributed by atoms with van der Waals surface area (Å²) in [6.45, 7) is 6.65. The zero-order chi connectivity index (χ0) is 11.8. The topological polar surface area (TPSA) is 26.0 Å². The van der Waals surface area contributed by atoms with Crippen LogP contribution >= 0.6 is 11.3 Å². The van der Waals surface area contributed by atoms with Crippen LogP contribution in [0.15, 0.2) is 36.4 Å². The second-order valence-electron chi connectivity index (χ2n) is 5.01. The van der Waals surface area contributed by atoms with Crippen molar-refractivity contribution >= 4 is 17.0 Å². The summed E-state index contributed by atoms with van der Waals surface area (Å²) in [5.41, 5.74) is 8.35. The highest BCUT2D eigenvalue weighted by Crippen LogP contribution is 2.39. The van der Waals surface area contributed by atoms with E-state index in [0.29, 0.717) is 0 Å². The third kappa shape index (κ3) is 2.12. The van der Waals surface area contributed by atoms with E-state index in [1.165, 1.54) is 15.3 Å². The minimum absolute atomic E-state index is 0.172. The summed E-state index contributed by atoms with van der Waals surface area (Å²) in [5, 5.41) is 0. The van der Waals surface area contributed by atoms with Crippen molar-refractivity contribution in [1.29, 1.82) is 0 Å². The van der Waals surface area contributed by atoms with E-state index >= 15 is 0 Å². The van der Waals surface area contributed by atoms with Crippen LogP contribution < -0.4 is 5.73 Å². The van der Waals surface area contributed by atoms with Crippen molar-refractivity contribution in [2.75, 3.05) is 5.73 Å². The molecule has 2 heteroatoms. The molecule has 0 amide bonds. The molecule has 0 aliphatic heterocycles. The molecule has 1 nitrogen and oxygen atoms in total. The van der Waals surface area contributed by atoms with Gasteiger partial charge in [-0.25, -0.2) is 0 Å². The highest BCUT2D eigenvalue weighted by molar-refractivity contribution is 7.16. The summed E-state index contributed by atoms with van der Waals surface area (Å²) in [6.07, 6.45) is 0. The van der Waals surface area contributed by atoms with Crippen LogP contribution in [-0.2, 0) is 5.41 Å². The van der Waals surface area contributed by atoms with Gasteiger partial charge in [0.1, 0.15) is 0 Å². The average molecular weight is 231 g/mol. The van der Waals surface area contributed by atoms with E-state index in [-0.39, 0.29) is 5.41 Å². The third-order valence-corrected chi connectivity index (χ3v) is 4.16. The van der Waals surface area contributed by atoms with E-state index in [0.717, 1.165) is 5.69 Å². The molecule has 84 valence electrons. The van der Waals surface area contributed by atoms with Gasteiger partial charge in [-0.05, 0) is 17.0 Å². The lowest BCUT2D eigenvalue weighted by molar-refractivity contribution is 0.604. The van der Waals surface area contributed by atoms with E-state index in [4.69, 9.17) is 5.73 Å². The van der Waals surface area contributed by atoms with Gasteiger partial charge in [0.25, 0.3) is 0 Å². The van der Waals surface area contributed by atoms with Gasteiger partial charge in [-0.15, -0.1) is 11.3 Å². The van der Waals surface area contributed by atoms with Crippen molar-refractivity contribution in [2.24, 2.45) is 0 Å². The summed E-state index contributed by atoms with van der Waals surface area (Å²) in [4.78, 5) is 2.52. The second-order valence-corrected chi connectivity index (χ2v) is 6.06. The smallest absolute Gasteiger partial charge is 0.0575 e. The maximum Gasteiger partial charge on any atom is 0.0575 e. The van der Waals surface area contributed by atoms with Gasteiger partial charge in [-0.3, -0.25) is 0 Å². The molecule has 0 fully saturated rings. The highest BCUT2D eigenvalue weighted by Gasteiger charge is 2.18. The zero-order valence-electron chi connectivity index (χ0n) is 9.95. The largest absolute Gasteiger partial charge is 0.398 e. The molecule has 16 heavy (non-hydrogen) atoms. The molecule has 2 aromatic rings. The number of anilines is 1. The molecule has 0 saturated heterocycles. The molecule has 2 rings (SSSR count). The van der Waals surface area contributed by atoms with E-state index in [1.54, 1.807) is 11.3 Å². The van der Waals surface area contributed by atoms with Gasteiger partial charge in [0.2, 0.25) is 0 Å². The number of thiophene rings is 1. The maximum absolute atomic E-state index is 6.08. The summed E-state index contributed by atoms with van der Waals surface area (Å²) in [6, 6.07) is 12.4. The highest BCUT2D eigenvalue weighted by atomic mass is 32.1. The minimum Gasteiger partial charge on any atom is -0.398 e. The Kier molecular flexibility index (Phi) is 2.76. The van der Waals surface area contributed by atoms with Gasteiger partial charge in [0.15, 0.2) is 0 Å². The Morgan fingerprint density at radius 1 is 1.06 bits per heavy atom. The predicted octanol–water partition coefficient (Wildman–Crippen LogP) is 4.29. The van der Waals surface area contributed by atoms with E-state index in [2.05, 4.69) is 39.0 Å². The van der Waals surface area contributed by atoms with Crippen molar-refractivity contribution in [1.82, 2.24) is 0 Å². The Hall–Kier alpha value is -1.28. The van der Waals surface area contributed by atoms with Crippen LogP contribution in [0.5, 0.6) is 0 Å². The van der Waals surface area contributed by atoms with E-state index < -0.39 is 0 Å². The lowest BCUT2D eigenvalue weighted by Gasteiger charge is -2.15. The average Bonchev–Trinajstić information content (AvgIpc) is 2.61. The summed E-state index contributed by atoms with van der Waals surface area (Å²) < 4.78 is 0. The number of hydrogen-bond donors (Lipinski definition) is 1. The first-order valence-corrected chi connectivity index (χ1v) is 6.25. The molecular formula is C14H17NS. The van der Waals surface area contributed by atoms with Gasteiger partial charge >= 0.3 is 0 Å². The quantitative estimate of drug-likeness (QED) is 0.778. The van der Waals surface area contributed by atoms with Gasteiger partial charge in [-0.2, -0.15) is 0 Å². The molecule has 0 atom stereocenters. The lowest BCUT2D eigenvalue weighted by atomic mass is 9.94. The van der Waals surface area contributed by atoms with E-state index in [9.17, 15) is 0 Å². The molecule has 0 bridgehead atoms. The Morgan fingerprint density at radius 3 is 2.19 bits per heavy atom. The fourth-order valence-electron chi connectivity index (χ4n) is 1.59. The van der Waals surface area contributed by atoms with Crippen molar-refractivity contribution in [3.63, 3.8) is 0 Å². The van der Waals surface area contributed by atoms with Crippen LogP contribution in [0.4, 0.5) is 5.69 Å². The van der Waals surface area contributed by atoms with E-state index in [1.807, 2.05) is 18.2 Å². The van der Waals surface area contributed by atoms with Crippen LogP contribution in [0.25, 0.3) is 10.4 Å². The van der Waals surface area contributed by atoms with Gasteiger partial charge < -0.3 is 5.73 Å². The molecule has 1 heterocycles. The van der Waals surface area contributed by atoms with Crippen molar-refractivity contribution in [2.45, 2.75) is 26.2 Å². The normalized spacial score (nSPS) is 11.7. The standard InChI is InChI=1S/C14H17NS/c1-14(2,3)12-9-11(15)13(16-12)10-7-5-4-6-8-10/h4-9H,15H2,1-3H3. The third-order valence-electron chi connectivity index (χ3n) is 2.54. The molecule has 1 aromatic carbocycles. The second kappa shape index (κ2) is 3.95. The first kappa shape index (κ1) is 11.2.